The Bertz CT molecular complexity index is 1790. The molecule has 7 nitrogen and oxygen atoms in total. The number of methoxy groups -OCH3 is 1. The van der Waals surface area contributed by atoms with Crippen LogP contribution in [0.15, 0.2) is 107 Å². The molecule has 4 aromatic carbocycles. The molecule has 0 aliphatic rings. The van der Waals surface area contributed by atoms with Crippen molar-refractivity contribution in [3.05, 3.63) is 97.1 Å². The van der Waals surface area contributed by atoms with E-state index >= 15 is 0 Å². The molecule has 0 aliphatic heterocycles. The summed E-state index contributed by atoms with van der Waals surface area (Å²) in [6.45, 7) is 1.81. The molecule has 1 unspecified atom stereocenters. The fraction of sp³-hybridized carbons (Fsp3) is 0.0968. The fourth-order valence-corrected chi connectivity index (χ4v) is 5.13. The molecule has 1 amide bonds. The van der Waals surface area contributed by atoms with E-state index in [2.05, 4.69) is 15.5 Å². The Morgan fingerprint density at radius 3 is 2.21 bits per heavy atom. The molecule has 1 N–H and O–H groups in total. The number of carbonyl (C=O) groups is 1. The van der Waals surface area contributed by atoms with Gasteiger partial charge in [-0.3, -0.25) is 4.79 Å². The summed E-state index contributed by atoms with van der Waals surface area (Å²) in [6.07, 6.45) is 0. The topological polar surface area (TPSA) is 90.1 Å². The van der Waals surface area contributed by atoms with E-state index in [-0.39, 0.29) is 5.91 Å². The molecule has 192 valence electrons. The van der Waals surface area contributed by atoms with Crippen molar-refractivity contribution in [2.75, 3.05) is 12.4 Å². The maximum atomic E-state index is 13.2. The van der Waals surface area contributed by atoms with Gasteiger partial charge in [-0.2, -0.15) is 0 Å². The third-order valence-electron chi connectivity index (χ3n) is 6.37. The van der Waals surface area contributed by atoms with Crippen molar-refractivity contribution < 1.29 is 13.9 Å². The maximum Gasteiger partial charge on any atom is 0.237 e. The Balaban J connectivity index is 1.27. The van der Waals surface area contributed by atoms with Crippen molar-refractivity contribution in [2.24, 2.45) is 0 Å². The summed E-state index contributed by atoms with van der Waals surface area (Å²) in [7, 11) is 1.58. The van der Waals surface area contributed by atoms with Crippen molar-refractivity contribution in [1.29, 1.82) is 0 Å². The first-order valence-electron chi connectivity index (χ1n) is 12.4. The second kappa shape index (κ2) is 10.6. The van der Waals surface area contributed by atoms with Crippen LogP contribution >= 0.6 is 11.8 Å². The SMILES string of the molecule is COc1cc2c(cc1NC(=O)C(C)Sc1nnc(-c3ccccc3)c(-c3ccccc3)n1)oc1ccccc12. The second-order valence-corrected chi connectivity index (χ2v) is 10.2. The van der Waals surface area contributed by atoms with Gasteiger partial charge in [0.25, 0.3) is 0 Å². The predicted octanol–water partition coefficient (Wildman–Crippen LogP) is 7.23. The molecule has 39 heavy (non-hydrogen) atoms. The molecule has 0 saturated carbocycles. The number of rotatable bonds is 7. The molecule has 0 aliphatic carbocycles. The highest BCUT2D eigenvalue weighted by atomic mass is 32.2. The van der Waals surface area contributed by atoms with Crippen molar-refractivity contribution >= 4 is 45.3 Å². The summed E-state index contributed by atoms with van der Waals surface area (Å²) in [5, 5.41) is 13.7. The highest BCUT2D eigenvalue weighted by molar-refractivity contribution is 8.00. The van der Waals surface area contributed by atoms with Gasteiger partial charge in [-0.1, -0.05) is 90.6 Å². The average Bonchev–Trinajstić information content (AvgIpc) is 3.35. The van der Waals surface area contributed by atoms with Gasteiger partial charge in [-0.15, -0.1) is 10.2 Å². The summed E-state index contributed by atoms with van der Waals surface area (Å²) in [6, 6.07) is 31.2. The summed E-state index contributed by atoms with van der Waals surface area (Å²) in [4.78, 5) is 18.1. The van der Waals surface area contributed by atoms with Crippen LogP contribution in [0.3, 0.4) is 0 Å². The minimum absolute atomic E-state index is 0.217. The molecule has 1 atom stereocenters. The molecule has 0 spiro atoms. The Hall–Kier alpha value is -4.69. The molecule has 2 heterocycles. The summed E-state index contributed by atoms with van der Waals surface area (Å²) in [5.41, 5.74) is 5.23. The number of carbonyl (C=O) groups excluding carboxylic acids is 1. The Kier molecular flexibility index (Phi) is 6.69. The van der Waals surface area contributed by atoms with Crippen LogP contribution in [0, 0.1) is 0 Å². The quantitative estimate of drug-likeness (QED) is 0.217. The fourth-order valence-electron chi connectivity index (χ4n) is 4.41. The van der Waals surface area contributed by atoms with Crippen molar-refractivity contribution in [3.63, 3.8) is 0 Å². The predicted molar refractivity (Wildman–Crippen MR) is 155 cm³/mol. The molecule has 8 heteroatoms. The molecule has 6 rings (SSSR count). The van der Waals surface area contributed by atoms with Gasteiger partial charge in [-0.05, 0) is 19.1 Å². The standard InChI is InChI=1S/C31H24N4O3S/c1-19(30(36)32-24-18-26-23(17-27(24)37-2)22-15-9-10-16-25(22)38-26)39-31-33-28(20-11-5-3-6-12-20)29(34-35-31)21-13-7-4-8-14-21/h3-19H,1-2H3,(H,32,36). The largest absolute Gasteiger partial charge is 0.495 e. The molecular weight excluding hydrogens is 508 g/mol. The summed E-state index contributed by atoms with van der Waals surface area (Å²) in [5.74, 6) is 0.335. The highest BCUT2D eigenvalue weighted by Gasteiger charge is 2.21. The van der Waals surface area contributed by atoms with Crippen molar-refractivity contribution in [1.82, 2.24) is 15.2 Å². The Morgan fingerprint density at radius 2 is 1.49 bits per heavy atom. The smallest absolute Gasteiger partial charge is 0.237 e. The third-order valence-corrected chi connectivity index (χ3v) is 7.32. The second-order valence-electron chi connectivity index (χ2n) is 8.92. The van der Waals surface area contributed by atoms with Crippen molar-refractivity contribution in [2.45, 2.75) is 17.3 Å². The Morgan fingerprint density at radius 1 is 0.821 bits per heavy atom. The first kappa shape index (κ1) is 24.6. The number of benzene rings is 4. The molecular formula is C31H24N4O3S. The normalized spacial score (nSPS) is 11.9. The molecule has 0 radical (unpaired) electrons. The zero-order chi connectivity index (χ0) is 26.8. The number of thioether (sulfide) groups is 1. The lowest BCUT2D eigenvalue weighted by atomic mass is 10.0. The number of furan rings is 1. The molecule has 0 fully saturated rings. The molecule has 0 saturated heterocycles. The van der Waals surface area contributed by atoms with Crippen LogP contribution in [0.4, 0.5) is 5.69 Å². The van der Waals surface area contributed by atoms with E-state index in [9.17, 15) is 4.79 Å². The van der Waals surface area contributed by atoms with Gasteiger partial charge in [0, 0.05) is 28.0 Å². The van der Waals surface area contributed by atoms with E-state index in [0.29, 0.717) is 33.6 Å². The minimum atomic E-state index is -0.505. The van der Waals surface area contributed by atoms with E-state index in [4.69, 9.17) is 14.1 Å². The van der Waals surface area contributed by atoms with Crippen LogP contribution in [0.2, 0.25) is 0 Å². The van der Waals surface area contributed by atoms with Crippen LogP contribution < -0.4 is 10.1 Å². The number of fused-ring (bicyclic) bond motifs is 3. The monoisotopic (exact) mass is 532 g/mol. The van der Waals surface area contributed by atoms with Crippen LogP contribution in [-0.2, 0) is 4.79 Å². The number of ether oxygens (including phenoxy) is 1. The van der Waals surface area contributed by atoms with E-state index in [0.717, 1.165) is 27.5 Å². The number of nitrogens with zero attached hydrogens (tertiary/aromatic N) is 3. The number of hydrogen-bond acceptors (Lipinski definition) is 7. The van der Waals surface area contributed by atoms with Crippen LogP contribution in [-0.4, -0.2) is 33.4 Å². The van der Waals surface area contributed by atoms with Gasteiger partial charge in [-0.25, -0.2) is 4.98 Å². The van der Waals surface area contributed by atoms with E-state index in [1.165, 1.54) is 11.8 Å². The maximum absolute atomic E-state index is 13.2. The van der Waals surface area contributed by atoms with Gasteiger partial charge in [0.05, 0.1) is 18.0 Å². The number of aromatic nitrogens is 3. The zero-order valence-corrected chi connectivity index (χ0v) is 22.1. The summed E-state index contributed by atoms with van der Waals surface area (Å²) < 4.78 is 11.6. The third kappa shape index (κ3) is 4.94. The van der Waals surface area contributed by atoms with Crippen LogP contribution in [0.25, 0.3) is 44.5 Å². The van der Waals surface area contributed by atoms with Gasteiger partial charge in [0.1, 0.15) is 28.3 Å². The summed E-state index contributed by atoms with van der Waals surface area (Å²) >= 11 is 1.24. The minimum Gasteiger partial charge on any atom is -0.495 e. The number of anilines is 1. The number of para-hydroxylation sites is 1. The lowest BCUT2D eigenvalue weighted by Crippen LogP contribution is -2.23. The lowest BCUT2D eigenvalue weighted by Gasteiger charge is -2.14. The number of hydrogen-bond donors (Lipinski definition) is 1. The van der Waals surface area contributed by atoms with E-state index in [1.807, 2.05) is 97.9 Å². The number of nitrogens with one attached hydrogen (secondary N) is 1. The highest BCUT2D eigenvalue weighted by Crippen LogP contribution is 2.37. The molecule has 0 bridgehead atoms. The van der Waals surface area contributed by atoms with Gasteiger partial charge in [0.15, 0.2) is 0 Å². The van der Waals surface area contributed by atoms with Crippen LogP contribution in [0.5, 0.6) is 5.75 Å². The van der Waals surface area contributed by atoms with E-state index < -0.39 is 5.25 Å². The zero-order valence-electron chi connectivity index (χ0n) is 21.3. The first-order valence-corrected chi connectivity index (χ1v) is 13.3. The van der Waals surface area contributed by atoms with Crippen LogP contribution in [0.1, 0.15) is 6.92 Å². The van der Waals surface area contributed by atoms with Gasteiger partial charge >= 0.3 is 0 Å². The Labute approximate surface area is 229 Å². The van der Waals surface area contributed by atoms with E-state index in [1.54, 1.807) is 13.2 Å². The first-order chi connectivity index (χ1) is 19.1. The van der Waals surface area contributed by atoms with Crippen molar-refractivity contribution in [3.8, 4) is 28.3 Å². The van der Waals surface area contributed by atoms with Gasteiger partial charge < -0.3 is 14.5 Å². The molecule has 2 aromatic heterocycles. The average molecular weight is 533 g/mol. The van der Waals surface area contributed by atoms with Gasteiger partial charge in [0.2, 0.25) is 11.1 Å². The molecule has 6 aromatic rings. The number of amides is 1. The lowest BCUT2D eigenvalue weighted by molar-refractivity contribution is -0.115.